The van der Waals surface area contributed by atoms with Crippen LogP contribution >= 0.6 is 0 Å². The van der Waals surface area contributed by atoms with E-state index >= 15 is 0 Å². The zero-order chi connectivity index (χ0) is 18.3. The summed E-state index contributed by atoms with van der Waals surface area (Å²) >= 11 is 0. The van der Waals surface area contributed by atoms with Gasteiger partial charge in [-0.1, -0.05) is 20.3 Å². The predicted molar refractivity (Wildman–Crippen MR) is 88.5 cm³/mol. The van der Waals surface area contributed by atoms with Gasteiger partial charge >= 0.3 is 6.09 Å². The Hall–Kier alpha value is -1.35. The van der Waals surface area contributed by atoms with Crippen LogP contribution in [-0.4, -0.2) is 51.4 Å². The van der Waals surface area contributed by atoms with Gasteiger partial charge < -0.3 is 15.4 Å². The van der Waals surface area contributed by atoms with Gasteiger partial charge in [-0.25, -0.2) is 17.9 Å². The number of hydrogen-bond donors (Lipinski definition) is 3. The molecule has 0 fully saturated rings. The number of carbonyl (C=O) groups is 2. The minimum atomic E-state index is -3.39. The second-order valence-electron chi connectivity index (χ2n) is 6.32. The fourth-order valence-electron chi connectivity index (χ4n) is 1.66. The fourth-order valence-corrected chi connectivity index (χ4v) is 2.23. The van der Waals surface area contributed by atoms with Gasteiger partial charge in [0.05, 0.1) is 5.75 Å². The van der Waals surface area contributed by atoms with E-state index in [2.05, 4.69) is 15.4 Å². The molecule has 0 aliphatic carbocycles. The van der Waals surface area contributed by atoms with Gasteiger partial charge in [-0.05, 0) is 33.7 Å². The lowest BCUT2D eigenvalue weighted by Crippen LogP contribution is -2.52. The zero-order valence-corrected chi connectivity index (χ0v) is 15.5. The second-order valence-corrected chi connectivity index (χ2v) is 8.37. The number of sulfonamides is 1. The quantitative estimate of drug-likeness (QED) is 0.592. The molecule has 2 atom stereocenters. The molecule has 0 radical (unpaired) electrons. The summed E-state index contributed by atoms with van der Waals surface area (Å²) in [6.45, 7) is 8.87. The largest absolute Gasteiger partial charge is 0.444 e. The summed E-state index contributed by atoms with van der Waals surface area (Å²) in [4.78, 5) is 24.1. The molecule has 0 heterocycles. The monoisotopic (exact) mass is 351 g/mol. The molecule has 0 saturated carbocycles. The number of alkyl carbamates (subject to hydrolysis) is 1. The molecule has 0 aliphatic rings. The van der Waals surface area contributed by atoms with Crippen LogP contribution in [0.3, 0.4) is 0 Å². The Kier molecular flexibility index (Phi) is 8.54. The van der Waals surface area contributed by atoms with Crippen molar-refractivity contribution in [2.45, 2.75) is 52.7 Å². The minimum absolute atomic E-state index is 0.0368. The molecule has 0 aromatic carbocycles. The first-order valence-electron chi connectivity index (χ1n) is 7.60. The lowest BCUT2D eigenvalue weighted by Gasteiger charge is -2.26. The summed E-state index contributed by atoms with van der Waals surface area (Å²) in [7, 11) is -2.08. The molecule has 0 saturated heterocycles. The molecule has 2 amide bonds. The van der Waals surface area contributed by atoms with Gasteiger partial charge in [0.25, 0.3) is 0 Å². The van der Waals surface area contributed by atoms with Crippen LogP contribution in [-0.2, 0) is 19.6 Å². The first-order valence-corrected chi connectivity index (χ1v) is 9.25. The Morgan fingerprint density at radius 2 is 1.78 bits per heavy atom. The Labute approximate surface area is 138 Å². The zero-order valence-electron chi connectivity index (χ0n) is 14.7. The van der Waals surface area contributed by atoms with Crippen LogP contribution in [0.1, 0.15) is 41.0 Å². The van der Waals surface area contributed by atoms with Crippen LogP contribution < -0.4 is 15.4 Å². The maximum Gasteiger partial charge on any atom is 0.408 e. The Bertz CT molecular complexity index is 499. The van der Waals surface area contributed by atoms with Crippen molar-refractivity contribution < 1.29 is 22.7 Å². The smallest absolute Gasteiger partial charge is 0.408 e. The van der Waals surface area contributed by atoms with E-state index in [1.807, 2.05) is 13.8 Å². The third-order valence-electron chi connectivity index (χ3n) is 3.15. The lowest BCUT2D eigenvalue weighted by atomic mass is 9.98. The van der Waals surface area contributed by atoms with Crippen molar-refractivity contribution in [3.05, 3.63) is 0 Å². The van der Waals surface area contributed by atoms with E-state index in [-0.39, 0.29) is 18.2 Å². The van der Waals surface area contributed by atoms with Crippen molar-refractivity contribution in [1.29, 1.82) is 0 Å². The van der Waals surface area contributed by atoms with Crippen molar-refractivity contribution in [2.24, 2.45) is 5.92 Å². The first-order chi connectivity index (χ1) is 10.4. The Balaban J connectivity index is 4.71. The van der Waals surface area contributed by atoms with E-state index in [9.17, 15) is 18.0 Å². The van der Waals surface area contributed by atoms with E-state index in [4.69, 9.17) is 4.74 Å². The SMILES string of the molecule is CCC(C)C(NC(=O)OC(C)(C)C)C(=O)NCCS(=O)(=O)NC. The maximum absolute atomic E-state index is 12.2. The Morgan fingerprint density at radius 3 is 2.22 bits per heavy atom. The van der Waals surface area contributed by atoms with Crippen molar-refractivity contribution in [1.82, 2.24) is 15.4 Å². The molecule has 2 unspecified atom stereocenters. The van der Waals surface area contributed by atoms with E-state index in [1.54, 1.807) is 20.8 Å². The van der Waals surface area contributed by atoms with E-state index < -0.39 is 33.7 Å². The van der Waals surface area contributed by atoms with Gasteiger partial charge in [0.2, 0.25) is 15.9 Å². The highest BCUT2D eigenvalue weighted by Gasteiger charge is 2.28. The van der Waals surface area contributed by atoms with E-state index in [0.29, 0.717) is 6.42 Å². The number of nitrogens with one attached hydrogen (secondary N) is 3. The summed E-state index contributed by atoms with van der Waals surface area (Å²) < 4.78 is 30.0. The highest BCUT2D eigenvalue weighted by atomic mass is 32.2. The van der Waals surface area contributed by atoms with Crippen LogP contribution in [0.5, 0.6) is 0 Å². The van der Waals surface area contributed by atoms with Crippen molar-refractivity contribution in [3.63, 3.8) is 0 Å². The third kappa shape index (κ3) is 9.39. The fraction of sp³-hybridized carbons (Fsp3) is 0.857. The summed E-state index contributed by atoms with van der Waals surface area (Å²) in [5.74, 6) is -0.783. The summed E-state index contributed by atoms with van der Waals surface area (Å²) in [5, 5.41) is 5.08. The molecular weight excluding hydrogens is 322 g/mol. The predicted octanol–water partition coefficient (Wildman–Crippen LogP) is 0.591. The second kappa shape index (κ2) is 9.07. The average molecular weight is 351 g/mol. The maximum atomic E-state index is 12.2. The molecule has 0 rings (SSSR count). The minimum Gasteiger partial charge on any atom is -0.444 e. The highest BCUT2D eigenvalue weighted by molar-refractivity contribution is 7.89. The van der Waals surface area contributed by atoms with Crippen LogP contribution in [0.25, 0.3) is 0 Å². The molecule has 9 heteroatoms. The molecule has 8 nitrogen and oxygen atoms in total. The van der Waals surface area contributed by atoms with Gasteiger partial charge in [-0.15, -0.1) is 0 Å². The van der Waals surface area contributed by atoms with Gasteiger partial charge in [0.15, 0.2) is 0 Å². The van der Waals surface area contributed by atoms with Gasteiger partial charge in [0.1, 0.15) is 11.6 Å². The molecule has 0 aromatic rings. The topological polar surface area (TPSA) is 114 Å². The molecule has 3 N–H and O–H groups in total. The summed E-state index contributed by atoms with van der Waals surface area (Å²) in [6, 6.07) is -0.785. The van der Waals surface area contributed by atoms with Crippen LogP contribution in [0, 0.1) is 5.92 Å². The van der Waals surface area contributed by atoms with Crippen LogP contribution in [0.4, 0.5) is 4.79 Å². The number of amides is 2. The molecule has 0 spiro atoms. The molecule has 136 valence electrons. The van der Waals surface area contributed by atoms with Gasteiger partial charge in [-0.3, -0.25) is 4.79 Å². The summed E-state index contributed by atoms with van der Waals surface area (Å²) in [6.07, 6.45) is -0.0105. The third-order valence-corrected chi connectivity index (χ3v) is 4.51. The highest BCUT2D eigenvalue weighted by Crippen LogP contribution is 2.11. The molecule has 23 heavy (non-hydrogen) atoms. The summed E-state index contributed by atoms with van der Waals surface area (Å²) in [5.41, 5.74) is -0.665. The number of ether oxygens (including phenoxy) is 1. The van der Waals surface area contributed by atoms with Gasteiger partial charge in [-0.2, -0.15) is 0 Å². The van der Waals surface area contributed by atoms with Crippen LogP contribution in [0.15, 0.2) is 0 Å². The number of hydrogen-bond acceptors (Lipinski definition) is 5. The van der Waals surface area contributed by atoms with E-state index in [1.165, 1.54) is 7.05 Å². The molecular formula is C14H29N3O5S. The molecule has 0 bridgehead atoms. The van der Waals surface area contributed by atoms with E-state index in [0.717, 1.165) is 0 Å². The van der Waals surface area contributed by atoms with Crippen molar-refractivity contribution in [3.8, 4) is 0 Å². The van der Waals surface area contributed by atoms with Crippen molar-refractivity contribution >= 4 is 22.0 Å². The van der Waals surface area contributed by atoms with Gasteiger partial charge in [0, 0.05) is 6.54 Å². The Morgan fingerprint density at radius 1 is 1.22 bits per heavy atom. The standard InChI is InChI=1S/C14H29N3O5S/c1-7-10(2)11(17-13(19)22-14(3,4)5)12(18)16-8-9-23(20,21)15-6/h10-11,15H,7-9H2,1-6H3,(H,16,18)(H,17,19). The normalized spacial score (nSPS) is 14.7. The number of rotatable bonds is 8. The number of carbonyl (C=O) groups excluding carboxylic acids is 2. The lowest BCUT2D eigenvalue weighted by molar-refractivity contribution is -0.124. The average Bonchev–Trinajstić information content (AvgIpc) is 2.41. The molecule has 0 aromatic heterocycles. The first kappa shape index (κ1) is 21.6. The molecule has 0 aliphatic heterocycles. The van der Waals surface area contributed by atoms with Crippen LogP contribution in [0.2, 0.25) is 0 Å². The van der Waals surface area contributed by atoms with Crippen molar-refractivity contribution in [2.75, 3.05) is 19.3 Å².